The summed E-state index contributed by atoms with van der Waals surface area (Å²) in [5.74, 6) is -0.432. The first-order valence-electron chi connectivity index (χ1n) is 11.5. The van der Waals surface area contributed by atoms with E-state index in [0.29, 0.717) is 26.2 Å². The largest absolute Gasteiger partial charge is 0.407 e. The first-order valence-corrected chi connectivity index (χ1v) is 13.4. The highest BCUT2D eigenvalue weighted by Gasteiger charge is 2.54. The van der Waals surface area contributed by atoms with Crippen molar-refractivity contribution in [3.63, 3.8) is 0 Å². The van der Waals surface area contributed by atoms with E-state index in [4.69, 9.17) is 13.9 Å². The van der Waals surface area contributed by atoms with Gasteiger partial charge in [0, 0.05) is 18.9 Å². The lowest BCUT2D eigenvalue weighted by molar-refractivity contribution is -0.243. The van der Waals surface area contributed by atoms with E-state index in [-0.39, 0.29) is 16.9 Å². The standard InChI is InChI=1S/C26H36O4Si/c1-20-17-21(26(18-24(20)27)28-15-16-29-26)19-30-31(25(2,3)4,22-11-7-5-8-12-22)23-13-9-6-10-14-23/h5-14,20-21,24,27H,15-19H2,1-4H3/t20-,21-,24-/m0/s1. The van der Waals surface area contributed by atoms with Crippen LogP contribution in [-0.2, 0) is 13.9 Å². The molecule has 1 aliphatic heterocycles. The van der Waals surface area contributed by atoms with Crippen LogP contribution in [0.3, 0.4) is 0 Å². The second-order valence-electron chi connectivity index (χ2n) is 10.2. The van der Waals surface area contributed by atoms with Crippen molar-refractivity contribution in [2.75, 3.05) is 19.8 Å². The third kappa shape index (κ3) is 4.14. The van der Waals surface area contributed by atoms with E-state index in [1.165, 1.54) is 10.4 Å². The molecule has 4 nitrogen and oxygen atoms in total. The molecule has 1 aliphatic carbocycles. The lowest BCUT2D eigenvalue weighted by atomic mass is 9.76. The second kappa shape index (κ2) is 8.79. The zero-order valence-corrected chi connectivity index (χ0v) is 20.2. The number of benzene rings is 2. The minimum Gasteiger partial charge on any atom is -0.407 e. The van der Waals surface area contributed by atoms with Gasteiger partial charge in [0.25, 0.3) is 8.32 Å². The Hall–Kier alpha value is -1.50. The Bertz CT molecular complexity index is 803. The number of rotatable bonds is 5. The van der Waals surface area contributed by atoms with Crippen molar-refractivity contribution >= 4 is 18.7 Å². The van der Waals surface area contributed by atoms with Crippen LogP contribution in [0.25, 0.3) is 0 Å². The smallest absolute Gasteiger partial charge is 0.261 e. The van der Waals surface area contributed by atoms with Crippen LogP contribution in [-0.4, -0.2) is 45.1 Å². The van der Waals surface area contributed by atoms with E-state index in [1.54, 1.807) is 0 Å². The fraction of sp³-hybridized carbons (Fsp3) is 0.538. The van der Waals surface area contributed by atoms with Crippen molar-refractivity contribution in [2.45, 2.75) is 57.5 Å². The Balaban J connectivity index is 1.73. The van der Waals surface area contributed by atoms with E-state index in [9.17, 15) is 5.11 Å². The van der Waals surface area contributed by atoms with Crippen molar-refractivity contribution in [1.29, 1.82) is 0 Å². The molecule has 1 saturated carbocycles. The van der Waals surface area contributed by atoms with E-state index in [0.717, 1.165) is 6.42 Å². The van der Waals surface area contributed by atoms with Crippen molar-refractivity contribution in [2.24, 2.45) is 11.8 Å². The van der Waals surface area contributed by atoms with Gasteiger partial charge < -0.3 is 19.0 Å². The highest BCUT2D eigenvalue weighted by molar-refractivity contribution is 6.99. The zero-order valence-electron chi connectivity index (χ0n) is 19.2. The summed E-state index contributed by atoms with van der Waals surface area (Å²) >= 11 is 0. The number of ether oxygens (including phenoxy) is 2. The molecular formula is C26H36O4Si. The SMILES string of the molecule is C[C@H]1C[C@@H](CO[Si](c2ccccc2)(c2ccccc2)C(C)(C)C)C2(C[C@@H]1O)OCCO2. The van der Waals surface area contributed by atoms with Gasteiger partial charge in [-0.1, -0.05) is 88.4 Å². The lowest BCUT2D eigenvalue weighted by Crippen LogP contribution is -2.67. The minimum absolute atomic E-state index is 0.0694. The normalized spacial score (nSPS) is 26.3. The van der Waals surface area contributed by atoms with Crippen LogP contribution in [0.15, 0.2) is 60.7 Å². The topological polar surface area (TPSA) is 47.9 Å². The molecule has 5 heteroatoms. The molecule has 0 bridgehead atoms. The first-order chi connectivity index (χ1) is 14.8. The third-order valence-electron chi connectivity index (χ3n) is 7.12. The van der Waals surface area contributed by atoms with Crippen molar-refractivity contribution in [3.05, 3.63) is 60.7 Å². The Kier molecular flexibility index (Phi) is 6.43. The molecule has 31 heavy (non-hydrogen) atoms. The summed E-state index contributed by atoms with van der Waals surface area (Å²) in [6.45, 7) is 10.7. The summed E-state index contributed by atoms with van der Waals surface area (Å²) < 4.78 is 19.4. The van der Waals surface area contributed by atoms with Gasteiger partial charge in [-0.3, -0.25) is 0 Å². The monoisotopic (exact) mass is 440 g/mol. The van der Waals surface area contributed by atoms with Crippen LogP contribution >= 0.6 is 0 Å². The minimum atomic E-state index is -2.61. The number of aliphatic hydroxyl groups is 1. The van der Waals surface area contributed by atoms with Crippen LogP contribution in [0, 0.1) is 11.8 Å². The van der Waals surface area contributed by atoms with Gasteiger partial charge in [0.05, 0.1) is 19.3 Å². The molecule has 0 radical (unpaired) electrons. The summed E-state index contributed by atoms with van der Waals surface area (Å²) in [5, 5.41) is 13.0. The van der Waals surface area contributed by atoms with Gasteiger partial charge in [-0.05, 0) is 27.8 Å². The van der Waals surface area contributed by atoms with E-state index in [1.807, 2.05) is 0 Å². The van der Waals surface area contributed by atoms with Gasteiger partial charge >= 0.3 is 0 Å². The Morgan fingerprint density at radius 3 is 1.97 bits per heavy atom. The molecule has 0 amide bonds. The van der Waals surface area contributed by atoms with E-state index < -0.39 is 20.2 Å². The summed E-state index contributed by atoms with van der Waals surface area (Å²) in [6, 6.07) is 21.4. The average Bonchev–Trinajstić information content (AvgIpc) is 3.22. The molecule has 1 saturated heterocycles. The molecule has 0 unspecified atom stereocenters. The maximum atomic E-state index is 10.5. The lowest BCUT2D eigenvalue weighted by Gasteiger charge is -2.47. The molecular weight excluding hydrogens is 404 g/mol. The van der Waals surface area contributed by atoms with Crippen LogP contribution in [0.2, 0.25) is 5.04 Å². The average molecular weight is 441 g/mol. The second-order valence-corrected chi connectivity index (χ2v) is 14.5. The van der Waals surface area contributed by atoms with Crippen LogP contribution in [0.1, 0.15) is 40.5 Å². The number of hydrogen-bond acceptors (Lipinski definition) is 4. The van der Waals surface area contributed by atoms with Gasteiger partial charge in [0.15, 0.2) is 5.79 Å². The fourth-order valence-electron chi connectivity index (χ4n) is 5.45. The Morgan fingerprint density at radius 1 is 0.968 bits per heavy atom. The fourth-order valence-corrected chi connectivity index (χ4v) is 10.1. The van der Waals surface area contributed by atoms with Gasteiger partial charge in [-0.15, -0.1) is 0 Å². The summed E-state index contributed by atoms with van der Waals surface area (Å²) in [6.07, 6.45) is 0.949. The molecule has 168 valence electrons. The van der Waals surface area contributed by atoms with E-state index in [2.05, 4.69) is 88.4 Å². The molecule has 3 atom stereocenters. The molecule has 1 heterocycles. The Morgan fingerprint density at radius 2 is 1.48 bits per heavy atom. The van der Waals surface area contributed by atoms with Crippen LogP contribution < -0.4 is 10.4 Å². The molecule has 4 rings (SSSR count). The predicted molar refractivity (Wildman–Crippen MR) is 126 cm³/mol. The first kappa shape index (κ1) is 22.7. The molecule has 0 aromatic heterocycles. The summed E-state index contributed by atoms with van der Waals surface area (Å²) in [4.78, 5) is 0. The van der Waals surface area contributed by atoms with Crippen LogP contribution in [0.4, 0.5) is 0 Å². The Labute approximate surface area is 187 Å². The van der Waals surface area contributed by atoms with Crippen molar-refractivity contribution < 1.29 is 19.0 Å². The molecule has 1 N–H and O–H groups in total. The maximum Gasteiger partial charge on any atom is 0.261 e. The van der Waals surface area contributed by atoms with Gasteiger partial charge in [-0.25, -0.2) is 0 Å². The summed E-state index contributed by atoms with van der Waals surface area (Å²) in [7, 11) is -2.61. The van der Waals surface area contributed by atoms with Gasteiger partial charge in [0.1, 0.15) is 0 Å². The van der Waals surface area contributed by atoms with Crippen molar-refractivity contribution in [1.82, 2.24) is 0 Å². The zero-order chi connectivity index (χ0) is 22.1. The van der Waals surface area contributed by atoms with Gasteiger partial charge in [-0.2, -0.15) is 0 Å². The summed E-state index contributed by atoms with van der Waals surface area (Å²) in [5.41, 5.74) is 0. The molecule has 1 spiro atoms. The molecule has 2 aliphatic rings. The number of aliphatic hydroxyl groups excluding tert-OH is 1. The molecule has 2 aromatic rings. The number of hydrogen-bond donors (Lipinski definition) is 1. The van der Waals surface area contributed by atoms with Gasteiger partial charge in [0.2, 0.25) is 0 Å². The third-order valence-corrected chi connectivity index (χ3v) is 12.1. The maximum absolute atomic E-state index is 10.5. The molecule has 2 aromatic carbocycles. The highest BCUT2D eigenvalue weighted by Crippen LogP contribution is 2.44. The van der Waals surface area contributed by atoms with Crippen LogP contribution in [0.5, 0.6) is 0 Å². The molecule has 2 fully saturated rings. The quantitative estimate of drug-likeness (QED) is 0.720. The van der Waals surface area contributed by atoms with E-state index >= 15 is 0 Å². The van der Waals surface area contributed by atoms with Crippen molar-refractivity contribution in [3.8, 4) is 0 Å². The predicted octanol–water partition coefficient (Wildman–Crippen LogP) is 3.71. The highest BCUT2D eigenvalue weighted by atomic mass is 28.4.